The fraction of sp³-hybridized carbons (Fsp3) is 0.562. The van der Waals surface area contributed by atoms with Gasteiger partial charge < -0.3 is 4.90 Å². The summed E-state index contributed by atoms with van der Waals surface area (Å²) in [5, 5.41) is 0. The summed E-state index contributed by atoms with van der Waals surface area (Å²) in [6.45, 7) is 2.72. The summed E-state index contributed by atoms with van der Waals surface area (Å²) in [4.78, 5) is 14.9. The molecule has 0 N–H and O–H groups in total. The number of halogens is 2. The lowest BCUT2D eigenvalue weighted by Crippen LogP contribution is -2.51. The van der Waals surface area contributed by atoms with Crippen LogP contribution in [0.3, 0.4) is 0 Å². The molecule has 1 aromatic rings. The van der Waals surface area contributed by atoms with E-state index in [2.05, 4.69) is 0 Å². The second-order valence-electron chi connectivity index (χ2n) is 6.32. The summed E-state index contributed by atoms with van der Waals surface area (Å²) in [6.07, 6.45) is 2.04. The summed E-state index contributed by atoms with van der Waals surface area (Å²) >= 11 is 0. The summed E-state index contributed by atoms with van der Waals surface area (Å²) in [5.74, 6) is -2.13. The summed E-state index contributed by atoms with van der Waals surface area (Å²) in [6, 6.07) is 2.99. The van der Waals surface area contributed by atoms with Gasteiger partial charge in [-0.2, -0.15) is 4.31 Å². The number of sulfonamides is 1. The van der Waals surface area contributed by atoms with Crippen molar-refractivity contribution in [2.75, 3.05) is 45.8 Å². The Bertz CT molecular complexity index is 723. The van der Waals surface area contributed by atoms with Crippen molar-refractivity contribution in [1.29, 1.82) is 0 Å². The first-order valence-electron chi connectivity index (χ1n) is 8.34. The normalized spacial score (nSPS) is 20.2. The van der Waals surface area contributed by atoms with Crippen LogP contribution in [0.2, 0.25) is 0 Å². The van der Waals surface area contributed by atoms with Crippen LogP contribution in [0.5, 0.6) is 0 Å². The Kier molecular flexibility index (Phi) is 5.35. The van der Waals surface area contributed by atoms with Crippen LogP contribution in [-0.2, 0) is 14.8 Å². The topological polar surface area (TPSA) is 60.9 Å². The lowest BCUT2D eigenvalue weighted by atomic mass is 10.3. The number of carbonyl (C=O) groups excluding carboxylic acids is 1. The molecule has 2 saturated heterocycles. The third kappa shape index (κ3) is 3.83. The maximum atomic E-state index is 13.8. The molecule has 0 radical (unpaired) electrons. The van der Waals surface area contributed by atoms with Gasteiger partial charge in [0.1, 0.15) is 11.6 Å². The monoisotopic (exact) mass is 373 g/mol. The van der Waals surface area contributed by atoms with Gasteiger partial charge in [0.05, 0.1) is 6.54 Å². The van der Waals surface area contributed by atoms with Gasteiger partial charge in [-0.05, 0) is 25.0 Å². The van der Waals surface area contributed by atoms with Crippen molar-refractivity contribution in [2.24, 2.45) is 0 Å². The fourth-order valence-electron chi connectivity index (χ4n) is 3.24. The molecule has 0 saturated carbocycles. The third-order valence-electron chi connectivity index (χ3n) is 4.67. The minimum atomic E-state index is -4.23. The summed E-state index contributed by atoms with van der Waals surface area (Å²) in [5.41, 5.74) is 0. The Hall–Kier alpha value is -1.58. The molecule has 1 aromatic carbocycles. The molecular weight excluding hydrogens is 352 g/mol. The van der Waals surface area contributed by atoms with Crippen molar-refractivity contribution in [3.05, 3.63) is 29.8 Å². The Morgan fingerprint density at radius 1 is 0.960 bits per heavy atom. The van der Waals surface area contributed by atoms with Crippen molar-refractivity contribution in [3.63, 3.8) is 0 Å². The van der Waals surface area contributed by atoms with Gasteiger partial charge in [-0.1, -0.05) is 6.07 Å². The predicted molar refractivity (Wildman–Crippen MR) is 87.4 cm³/mol. The van der Waals surface area contributed by atoms with Gasteiger partial charge in [0.15, 0.2) is 4.90 Å². The summed E-state index contributed by atoms with van der Waals surface area (Å²) < 4.78 is 53.7. The molecule has 9 heteroatoms. The molecule has 6 nitrogen and oxygen atoms in total. The van der Waals surface area contributed by atoms with E-state index in [4.69, 9.17) is 0 Å². The molecule has 0 aliphatic carbocycles. The highest BCUT2D eigenvalue weighted by Gasteiger charge is 2.33. The first-order chi connectivity index (χ1) is 11.9. The zero-order valence-corrected chi connectivity index (χ0v) is 14.6. The van der Waals surface area contributed by atoms with E-state index in [0.717, 1.165) is 48.4 Å². The van der Waals surface area contributed by atoms with Gasteiger partial charge in [-0.15, -0.1) is 0 Å². The van der Waals surface area contributed by atoms with Crippen molar-refractivity contribution < 1.29 is 22.0 Å². The first-order valence-corrected chi connectivity index (χ1v) is 9.78. The third-order valence-corrected chi connectivity index (χ3v) is 6.62. The maximum Gasteiger partial charge on any atom is 0.249 e. The predicted octanol–water partition coefficient (Wildman–Crippen LogP) is 0.893. The number of likely N-dealkylation sites (tertiary alicyclic amines) is 1. The van der Waals surface area contributed by atoms with Crippen LogP contribution >= 0.6 is 0 Å². The Morgan fingerprint density at radius 2 is 1.52 bits per heavy atom. The number of benzene rings is 1. The number of amides is 1. The number of piperazine rings is 1. The number of hydrogen-bond donors (Lipinski definition) is 0. The number of nitrogens with zero attached hydrogens (tertiary/aromatic N) is 3. The lowest BCUT2D eigenvalue weighted by Gasteiger charge is -2.34. The van der Waals surface area contributed by atoms with Crippen molar-refractivity contribution >= 4 is 15.9 Å². The largest absolute Gasteiger partial charge is 0.342 e. The molecule has 2 aliphatic rings. The fourth-order valence-corrected chi connectivity index (χ4v) is 4.78. The van der Waals surface area contributed by atoms with E-state index < -0.39 is 26.6 Å². The number of rotatable bonds is 4. The second kappa shape index (κ2) is 7.35. The maximum absolute atomic E-state index is 13.8. The Balaban J connectivity index is 1.62. The number of carbonyl (C=O) groups is 1. The first kappa shape index (κ1) is 18.2. The Morgan fingerprint density at radius 3 is 2.08 bits per heavy atom. The highest BCUT2D eigenvalue weighted by molar-refractivity contribution is 7.89. The SMILES string of the molecule is O=C(CN1CCN(S(=O)(=O)c2c(F)cccc2F)CC1)N1CCCC1. The standard InChI is InChI=1S/C16H21F2N3O3S/c17-13-4-3-5-14(18)16(13)25(23,24)21-10-8-19(9-11-21)12-15(22)20-6-1-2-7-20/h3-5H,1-2,6-12H2. The van der Waals surface area contributed by atoms with E-state index >= 15 is 0 Å². The van der Waals surface area contributed by atoms with Gasteiger partial charge in [0, 0.05) is 39.3 Å². The summed E-state index contributed by atoms with van der Waals surface area (Å²) in [7, 11) is -4.23. The van der Waals surface area contributed by atoms with Crippen molar-refractivity contribution in [1.82, 2.24) is 14.1 Å². The highest BCUT2D eigenvalue weighted by atomic mass is 32.2. The Labute approximate surface area is 146 Å². The van der Waals surface area contributed by atoms with E-state index in [9.17, 15) is 22.0 Å². The van der Waals surface area contributed by atoms with Crippen LogP contribution in [-0.4, -0.2) is 74.2 Å². The van der Waals surface area contributed by atoms with Crippen LogP contribution in [0.15, 0.2) is 23.1 Å². The van der Waals surface area contributed by atoms with Gasteiger partial charge in [-0.25, -0.2) is 17.2 Å². The minimum absolute atomic E-state index is 0.0500. The zero-order chi connectivity index (χ0) is 18.0. The molecule has 0 spiro atoms. The van der Waals surface area contributed by atoms with Crippen LogP contribution < -0.4 is 0 Å². The molecule has 0 bridgehead atoms. The average molecular weight is 373 g/mol. The second-order valence-corrected chi connectivity index (χ2v) is 8.19. The van der Waals surface area contributed by atoms with E-state index in [1.807, 2.05) is 9.80 Å². The lowest BCUT2D eigenvalue weighted by molar-refractivity contribution is -0.131. The van der Waals surface area contributed by atoms with Crippen LogP contribution in [0.25, 0.3) is 0 Å². The molecule has 2 aliphatic heterocycles. The molecule has 2 heterocycles. The van der Waals surface area contributed by atoms with Gasteiger partial charge in [-0.3, -0.25) is 9.69 Å². The van der Waals surface area contributed by atoms with E-state index in [1.54, 1.807) is 0 Å². The van der Waals surface area contributed by atoms with Crippen molar-refractivity contribution in [2.45, 2.75) is 17.7 Å². The van der Waals surface area contributed by atoms with Crippen molar-refractivity contribution in [3.8, 4) is 0 Å². The van der Waals surface area contributed by atoms with Gasteiger partial charge in [0.25, 0.3) is 0 Å². The van der Waals surface area contributed by atoms with Crippen LogP contribution in [0.1, 0.15) is 12.8 Å². The van der Waals surface area contributed by atoms with E-state index in [0.29, 0.717) is 13.1 Å². The molecule has 0 aromatic heterocycles. The van der Waals surface area contributed by atoms with E-state index in [1.165, 1.54) is 0 Å². The molecule has 1 amide bonds. The molecule has 0 unspecified atom stereocenters. The highest BCUT2D eigenvalue weighted by Crippen LogP contribution is 2.23. The molecule has 3 rings (SSSR count). The quantitative estimate of drug-likeness (QED) is 0.787. The molecule has 138 valence electrons. The van der Waals surface area contributed by atoms with Crippen LogP contribution in [0, 0.1) is 11.6 Å². The van der Waals surface area contributed by atoms with Gasteiger partial charge >= 0.3 is 0 Å². The molecule has 2 fully saturated rings. The molecule has 0 atom stereocenters. The van der Waals surface area contributed by atoms with E-state index in [-0.39, 0.29) is 25.5 Å². The molecular formula is C16H21F2N3O3S. The smallest absolute Gasteiger partial charge is 0.249 e. The average Bonchev–Trinajstić information content (AvgIpc) is 3.09. The minimum Gasteiger partial charge on any atom is -0.342 e. The number of hydrogen-bond acceptors (Lipinski definition) is 4. The van der Waals surface area contributed by atoms with Crippen LogP contribution in [0.4, 0.5) is 8.78 Å². The zero-order valence-electron chi connectivity index (χ0n) is 13.8. The molecule has 25 heavy (non-hydrogen) atoms. The van der Waals surface area contributed by atoms with Gasteiger partial charge in [0.2, 0.25) is 15.9 Å².